The number of hydrogen-bond donors (Lipinski definition) is 1. The van der Waals surface area contributed by atoms with E-state index < -0.39 is 5.60 Å². The maximum atomic E-state index is 12.6. The highest BCUT2D eigenvalue weighted by atomic mass is 35.5. The Morgan fingerprint density at radius 2 is 2.05 bits per heavy atom. The van der Waals surface area contributed by atoms with E-state index in [1.807, 2.05) is 45.0 Å². The number of anilines is 2. The van der Waals surface area contributed by atoms with E-state index in [-0.39, 0.29) is 12.1 Å². The highest BCUT2D eigenvalue weighted by Gasteiger charge is 2.31. The molecule has 1 aliphatic heterocycles. The number of hydrogen-bond acceptors (Lipinski definition) is 8. The Morgan fingerprint density at radius 1 is 1.18 bits per heavy atom. The van der Waals surface area contributed by atoms with Crippen LogP contribution in [-0.4, -0.2) is 44.1 Å². The van der Waals surface area contributed by atoms with Crippen LogP contribution in [0.2, 0.25) is 5.02 Å². The summed E-state index contributed by atoms with van der Waals surface area (Å²) in [5, 5.41) is 3.76. The summed E-state index contributed by atoms with van der Waals surface area (Å²) in [6, 6.07) is 12.6. The van der Waals surface area contributed by atoms with Crippen LogP contribution in [0.3, 0.4) is 0 Å². The van der Waals surface area contributed by atoms with Crippen molar-refractivity contribution < 1.29 is 14.3 Å². The lowest BCUT2D eigenvalue weighted by Gasteiger charge is -2.26. The van der Waals surface area contributed by atoms with E-state index in [1.165, 1.54) is 17.7 Å². The van der Waals surface area contributed by atoms with E-state index in [1.54, 1.807) is 29.3 Å². The molecule has 1 N–H and O–H groups in total. The zero-order chi connectivity index (χ0) is 26.7. The molecule has 38 heavy (non-hydrogen) atoms. The van der Waals surface area contributed by atoms with Gasteiger partial charge in [-0.2, -0.15) is 0 Å². The van der Waals surface area contributed by atoms with Crippen molar-refractivity contribution in [2.45, 2.75) is 45.3 Å². The lowest BCUT2D eigenvalue weighted by molar-refractivity contribution is 0.0261. The van der Waals surface area contributed by atoms with E-state index in [0.717, 1.165) is 33.6 Å². The number of likely N-dealkylation sites (tertiary alicyclic amines) is 1. The number of thiophene rings is 1. The average Bonchev–Trinajstić information content (AvgIpc) is 3.51. The second-order valence-electron chi connectivity index (χ2n) is 9.69. The van der Waals surface area contributed by atoms with Gasteiger partial charge < -0.3 is 14.8 Å². The van der Waals surface area contributed by atoms with Crippen LogP contribution in [-0.2, 0) is 4.74 Å². The summed E-state index contributed by atoms with van der Waals surface area (Å²) in [4.78, 5) is 28.1. The van der Waals surface area contributed by atoms with E-state index >= 15 is 0 Å². The van der Waals surface area contributed by atoms with E-state index in [9.17, 15) is 4.79 Å². The summed E-state index contributed by atoms with van der Waals surface area (Å²) in [6.07, 6.45) is 4.57. The van der Waals surface area contributed by atoms with Crippen LogP contribution in [0.4, 0.5) is 16.3 Å². The largest absolute Gasteiger partial charge is 0.444 e. The highest BCUT2D eigenvalue weighted by Crippen LogP contribution is 2.34. The molecule has 8 nitrogen and oxygen atoms in total. The van der Waals surface area contributed by atoms with Crippen molar-refractivity contribution in [3.8, 4) is 23.5 Å². The van der Waals surface area contributed by atoms with Crippen LogP contribution in [0.5, 0.6) is 11.6 Å². The molecule has 1 fully saturated rings. The number of benzene rings is 1. The summed E-state index contributed by atoms with van der Waals surface area (Å²) in [5.41, 5.74) is 0.999. The lowest BCUT2D eigenvalue weighted by atomic mass is 10.2. The van der Waals surface area contributed by atoms with Gasteiger partial charge in [-0.25, -0.2) is 19.7 Å². The molecule has 1 saturated heterocycles. The fraction of sp³-hybridized carbons (Fsp3) is 0.286. The molecular formula is C28H26ClN5O3S. The van der Waals surface area contributed by atoms with Crippen molar-refractivity contribution in [1.82, 2.24) is 19.9 Å². The highest BCUT2D eigenvalue weighted by molar-refractivity contribution is 7.20. The van der Waals surface area contributed by atoms with Crippen molar-refractivity contribution in [2.75, 3.05) is 11.9 Å². The van der Waals surface area contributed by atoms with Crippen LogP contribution >= 0.6 is 22.9 Å². The standard InChI is InChI=1S/C28H26ClN5O3S/c1-28(2,3)37-27(35)34-14-6-7-19(34)10-11-20-16-22-25(38-20)26(32-17-31-22)33-18-9-12-23(21(29)15-18)36-24-8-4-5-13-30-24/h4-5,8-9,12-13,15-17,19H,6-7,14H2,1-3H3,(H,31,32,33)/t19-/m1/s1. The molecule has 0 spiro atoms. The van der Waals surface area contributed by atoms with Crippen molar-refractivity contribution >= 4 is 50.8 Å². The predicted molar refractivity (Wildman–Crippen MR) is 149 cm³/mol. The second-order valence-corrected chi connectivity index (χ2v) is 11.1. The van der Waals surface area contributed by atoms with E-state index in [2.05, 4.69) is 32.1 Å². The fourth-order valence-corrected chi connectivity index (χ4v) is 5.07. The molecule has 0 unspecified atom stereocenters. The van der Waals surface area contributed by atoms with Crippen LogP contribution in [0, 0.1) is 11.8 Å². The minimum atomic E-state index is -0.540. The molecule has 4 heterocycles. The number of halogens is 1. The number of amides is 1. The Hall–Kier alpha value is -3.87. The van der Waals surface area contributed by atoms with Crippen LogP contribution in [0.1, 0.15) is 38.5 Å². The number of carbonyl (C=O) groups is 1. The third-order valence-electron chi connectivity index (χ3n) is 5.60. The van der Waals surface area contributed by atoms with Gasteiger partial charge in [0.2, 0.25) is 5.88 Å². The number of carbonyl (C=O) groups excluding carboxylic acids is 1. The molecule has 194 valence electrons. The predicted octanol–water partition coefficient (Wildman–Crippen LogP) is 7.03. The van der Waals surface area contributed by atoms with Gasteiger partial charge in [-0.3, -0.25) is 4.90 Å². The summed E-state index contributed by atoms with van der Waals surface area (Å²) in [7, 11) is 0. The van der Waals surface area contributed by atoms with Gasteiger partial charge in [0, 0.05) is 24.5 Å². The Balaban J connectivity index is 1.32. The minimum Gasteiger partial charge on any atom is -0.444 e. The number of fused-ring (bicyclic) bond motifs is 1. The smallest absolute Gasteiger partial charge is 0.411 e. The first-order valence-electron chi connectivity index (χ1n) is 12.2. The SMILES string of the molecule is CC(C)(C)OC(=O)N1CCC[C@@H]1C#Cc1cc2ncnc(Nc3ccc(Oc4ccccn4)c(Cl)c3)c2s1. The molecule has 0 saturated carbocycles. The first kappa shape index (κ1) is 25.8. The first-order valence-corrected chi connectivity index (χ1v) is 13.4. The van der Waals surface area contributed by atoms with Crippen molar-refractivity contribution in [3.63, 3.8) is 0 Å². The van der Waals surface area contributed by atoms with Crippen LogP contribution in [0.25, 0.3) is 10.2 Å². The number of nitrogens with zero attached hydrogens (tertiary/aromatic N) is 4. The number of rotatable bonds is 4. The minimum absolute atomic E-state index is 0.173. The van der Waals surface area contributed by atoms with E-state index in [4.69, 9.17) is 21.1 Å². The van der Waals surface area contributed by atoms with Crippen molar-refractivity contribution in [3.05, 3.63) is 64.9 Å². The van der Waals surface area contributed by atoms with Gasteiger partial charge >= 0.3 is 6.09 Å². The topological polar surface area (TPSA) is 89.5 Å². The van der Waals surface area contributed by atoms with Gasteiger partial charge in [0.15, 0.2) is 5.82 Å². The van der Waals surface area contributed by atoms with Crippen molar-refractivity contribution in [2.24, 2.45) is 0 Å². The maximum absolute atomic E-state index is 12.6. The van der Waals surface area contributed by atoms with Gasteiger partial charge in [0.05, 0.1) is 26.2 Å². The third-order valence-corrected chi connectivity index (χ3v) is 6.94. The number of ether oxygens (including phenoxy) is 2. The number of nitrogens with one attached hydrogen (secondary N) is 1. The molecule has 1 aliphatic rings. The van der Waals surface area contributed by atoms with Crippen molar-refractivity contribution in [1.29, 1.82) is 0 Å². The maximum Gasteiger partial charge on any atom is 0.411 e. The van der Waals surface area contributed by atoms with Crippen LogP contribution < -0.4 is 10.1 Å². The van der Waals surface area contributed by atoms with E-state index in [0.29, 0.717) is 29.0 Å². The molecule has 1 aromatic carbocycles. The molecule has 0 bridgehead atoms. The Bertz CT molecular complexity index is 1520. The summed E-state index contributed by atoms with van der Waals surface area (Å²) in [5.74, 6) is 8.11. The summed E-state index contributed by atoms with van der Waals surface area (Å²) < 4.78 is 12.2. The monoisotopic (exact) mass is 547 g/mol. The van der Waals surface area contributed by atoms with Gasteiger partial charge in [-0.05, 0) is 63.9 Å². The Morgan fingerprint density at radius 3 is 2.82 bits per heavy atom. The van der Waals surface area contributed by atoms with Gasteiger partial charge in [0.1, 0.15) is 17.7 Å². The molecule has 0 aliphatic carbocycles. The number of pyridine rings is 1. The first-order chi connectivity index (χ1) is 18.2. The molecule has 4 aromatic rings. The van der Waals surface area contributed by atoms with Gasteiger partial charge in [-0.15, -0.1) is 11.3 Å². The second kappa shape index (κ2) is 10.9. The third kappa shape index (κ3) is 6.15. The molecule has 1 atom stereocenters. The summed E-state index contributed by atoms with van der Waals surface area (Å²) in [6.45, 7) is 6.24. The zero-order valence-corrected chi connectivity index (χ0v) is 22.8. The molecular weight excluding hydrogens is 522 g/mol. The quantitative estimate of drug-likeness (QED) is 0.274. The Labute approximate surface area is 230 Å². The molecule has 10 heteroatoms. The fourth-order valence-electron chi connectivity index (χ4n) is 3.93. The molecule has 3 aromatic heterocycles. The zero-order valence-electron chi connectivity index (χ0n) is 21.2. The molecule has 5 rings (SSSR count). The summed E-state index contributed by atoms with van der Waals surface area (Å²) >= 11 is 7.96. The normalized spacial score (nSPS) is 15.2. The Kier molecular flexibility index (Phi) is 7.36. The number of aromatic nitrogens is 3. The average molecular weight is 548 g/mol. The molecule has 0 radical (unpaired) electrons. The van der Waals surface area contributed by atoms with Crippen LogP contribution in [0.15, 0.2) is 55.0 Å². The van der Waals surface area contributed by atoms with Gasteiger partial charge in [-0.1, -0.05) is 29.5 Å². The lowest BCUT2D eigenvalue weighted by Crippen LogP contribution is -2.39. The van der Waals surface area contributed by atoms with Gasteiger partial charge in [0.25, 0.3) is 0 Å². The molecule has 1 amide bonds.